The van der Waals surface area contributed by atoms with Crippen LogP contribution in [0.3, 0.4) is 0 Å². The van der Waals surface area contributed by atoms with E-state index in [0.717, 1.165) is 34.7 Å². The van der Waals surface area contributed by atoms with Crippen molar-refractivity contribution in [2.24, 2.45) is 4.99 Å². The number of phenolic OH excluding ortho intramolecular Hbond substituents is 1. The number of hydrogen-bond acceptors (Lipinski definition) is 4. The molecule has 27 heavy (non-hydrogen) atoms. The number of aromatic nitrogens is 3. The molecule has 144 valence electrons. The zero-order chi connectivity index (χ0) is 18.5. The number of nitrogens with one attached hydrogen (secondary N) is 2. The second-order valence-electron chi connectivity index (χ2n) is 6.17. The number of rotatable bonds is 5. The second-order valence-corrected chi connectivity index (χ2v) is 6.17. The van der Waals surface area contributed by atoms with Gasteiger partial charge in [0.1, 0.15) is 5.75 Å². The number of aryl methyl sites for hydroxylation is 2. The van der Waals surface area contributed by atoms with Crippen molar-refractivity contribution >= 4 is 35.6 Å². The van der Waals surface area contributed by atoms with Crippen LogP contribution in [0.2, 0.25) is 0 Å². The van der Waals surface area contributed by atoms with Gasteiger partial charge < -0.3 is 15.7 Å². The van der Waals surface area contributed by atoms with Gasteiger partial charge in [0.2, 0.25) is 0 Å². The molecule has 0 atom stereocenters. The van der Waals surface area contributed by atoms with E-state index in [1.165, 1.54) is 0 Å². The first-order valence-electron chi connectivity index (χ1n) is 8.68. The molecule has 0 aliphatic heterocycles. The smallest absolute Gasteiger partial charge is 0.191 e. The maximum atomic E-state index is 9.89. The number of aliphatic imine (C=N–C) groups is 1. The first kappa shape index (κ1) is 20.9. The first-order chi connectivity index (χ1) is 12.6. The Hall–Kier alpha value is -2.36. The number of hydrogen-bond donors (Lipinski definition) is 3. The van der Waals surface area contributed by atoms with Crippen molar-refractivity contribution in [3.63, 3.8) is 0 Å². The van der Waals surface area contributed by atoms with Gasteiger partial charge in [-0.1, -0.05) is 18.2 Å². The van der Waals surface area contributed by atoms with Gasteiger partial charge in [0.15, 0.2) is 17.4 Å². The molecular weight excluding hydrogens is 455 g/mol. The number of pyridine rings is 1. The summed E-state index contributed by atoms with van der Waals surface area (Å²) in [4.78, 5) is 4.63. The summed E-state index contributed by atoms with van der Waals surface area (Å²) in [5, 5.41) is 24.8. The first-order valence-corrected chi connectivity index (χ1v) is 8.68. The highest BCUT2D eigenvalue weighted by atomic mass is 127. The van der Waals surface area contributed by atoms with Crippen molar-refractivity contribution in [3.05, 3.63) is 59.0 Å². The van der Waals surface area contributed by atoms with Crippen LogP contribution >= 0.6 is 24.0 Å². The fourth-order valence-corrected chi connectivity index (χ4v) is 2.82. The molecule has 0 spiro atoms. The van der Waals surface area contributed by atoms with Gasteiger partial charge >= 0.3 is 0 Å². The van der Waals surface area contributed by atoms with Gasteiger partial charge in [-0.15, -0.1) is 34.2 Å². The highest BCUT2D eigenvalue weighted by molar-refractivity contribution is 14.0. The molecule has 0 saturated heterocycles. The number of fused-ring (bicyclic) bond motifs is 1. The van der Waals surface area contributed by atoms with E-state index >= 15 is 0 Å². The maximum Gasteiger partial charge on any atom is 0.191 e. The normalized spacial score (nSPS) is 11.3. The third-order valence-electron chi connectivity index (χ3n) is 4.11. The van der Waals surface area contributed by atoms with Crippen LogP contribution in [0.1, 0.15) is 29.4 Å². The van der Waals surface area contributed by atoms with Crippen LogP contribution in [0.15, 0.2) is 41.5 Å². The highest BCUT2D eigenvalue weighted by Crippen LogP contribution is 2.23. The monoisotopic (exact) mass is 480 g/mol. The maximum absolute atomic E-state index is 9.89. The van der Waals surface area contributed by atoms with Crippen molar-refractivity contribution in [2.45, 2.75) is 33.9 Å². The van der Waals surface area contributed by atoms with Gasteiger partial charge in [0.05, 0.1) is 13.1 Å². The van der Waals surface area contributed by atoms with Crippen molar-refractivity contribution in [1.82, 2.24) is 25.2 Å². The molecule has 3 N–H and O–H groups in total. The van der Waals surface area contributed by atoms with E-state index in [1.54, 1.807) is 0 Å². The molecule has 7 nitrogen and oxygen atoms in total. The van der Waals surface area contributed by atoms with Gasteiger partial charge in [0.25, 0.3) is 0 Å². The number of phenols is 1. The third-order valence-corrected chi connectivity index (χ3v) is 4.11. The quantitative estimate of drug-likeness (QED) is 0.297. The molecule has 8 heteroatoms. The van der Waals surface area contributed by atoms with E-state index in [2.05, 4.69) is 25.8 Å². The Labute approximate surface area is 176 Å². The van der Waals surface area contributed by atoms with Gasteiger partial charge in [0, 0.05) is 12.7 Å². The zero-order valence-corrected chi connectivity index (χ0v) is 18.1. The van der Waals surface area contributed by atoms with Crippen molar-refractivity contribution in [3.8, 4) is 5.75 Å². The molecule has 2 heterocycles. The van der Waals surface area contributed by atoms with Crippen LogP contribution < -0.4 is 10.6 Å². The molecule has 0 radical (unpaired) electrons. The molecule has 3 aromatic rings. The van der Waals surface area contributed by atoms with Crippen LogP contribution in [0.4, 0.5) is 0 Å². The number of benzene rings is 1. The number of guanidine groups is 1. The molecule has 0 saturated carbocycles. The Balaban J connectivity index is 0.00000261. The predicted molar refractivity (Wildman–Crippen MR) is 118 cm³/mol. The van der Waals surface area contributed by atoms with Crippen LogP contribution in [-0.4, -0.2) is 32.2 Å². The molecule has 1 aromatic carbocycles. The third kappa shape index (κ3) is 5.09. The van der Waals surface area contributed by atoms with E-state index in [4.69, 9.17) is 0 Å². The average molecular weight is 480 g/mol. The lowest BCUT2D eigenvalue weighted by atomic mass is 10.1. The van der Waals surface area contributed by atoms with E-state index in [1.807, 2.05) is 61.7 Å². The summed E-state index contributed by atoms with van der Waals surface area (Å²) in [6.45, 7) is 7.63. The minimum atomic E-state index is 0. The summed E-state index contributed by atoms with van der Waals surface area (Å²) in [7, 11) is 0. The Bertz CT molecular complexity index is 914. The lowest BCUT2D eigenvalue weighted by Gasteiger charge is -2.11. The molecule has 3 rings (SSSR count). The lowest BCUT2D eigenvalue weighted by molar-refractivity contribution is 0.466. The van der Waals surface area contributed by atoms with Crippen LogP contribution in [0.5, 0.6) is 5.75 Å². The molecule has 0 aliphatic carbocycles. The van der Waals surface area contributed by atoms with Gasteiger partial charge in [-0.2, -0.15) is 0 Å². The van der Waals surface area contributed by atoms with E-state index in [0.29, 0.717) is 24.8 Å². The molecule has 2 aromatic heterocycles. The summed E-state index contributed by atoms with van der Waals surface area (Å²) in [6, 6.07) is 9.73. The van der Waals surface area contributed by atoms with Crippen LogP contribution in [0, 0.1) is 13.8 Å². The summed E-state index contributed by atoms with van der Waals surface area (Å²) >= 11 is 0. The van der Waals surface area contributed by atoms with E-state index < -0.39 is 0 Å². The molecule has 0 unspecified atom stereocenters. The van der Waals surface area contributed by atoms with Crippen molar-refractivity contribution in [1.29, 1.82) is 0 Å². The fraction of sp³-hybridized carbons (Fsp3) is 0.316. The lowest BCUT2D eigenvalue weighted by Crippen LogP contribution is -2.37. The fourth-order valence-electron chi connectivity index (χ4n) is 2.82. The standard InChI is InChI=1S/C19H24N6O.HI/c1-4-20-19(21-11-15-9-13(2)18(26)14(3)10-15)22-12-17-24-23-16-7-5-6-8-25(16)17;/h5-10,26H,4,11-12H2,1-3H3,(H2,20,21,22);1H. The minimum absolute atomic E-state index is 0. The van der Waals surface area contributed by atoms with E-state index in [-0.39, 0.29) is 24.0 Å². The largest absolute Gasteiger partial charge is 0.507 e. The summed E-state index contributed by atoms with van der Waals surface area (Å²) in [6.07, 6.45) is 1.94. The Morgan fingerprint density at radius 3 is 2.59 bits per heavy atom. The topological polar surface area (TPSA) is 86.8 Å². The zero-order valence-electron chi connectivity index (χ0n) is 15.7. The van der Waals surface area contributed by atoms with Gasteiger partial charge in [-0.25, -0.2) is 4.99 Å². The second kappa shape index (κ2) is 9.54. The Morgan fingerprint density at radius 2 is 1.89 bits per heavy atom. The highest BCUT2D eigenvalue weighted by Gasteiger charge is 2.07. The Kier molecular flexibility index (Phi) is 7.40. The van der Waals surface area contributed by atoms with Crippen molar-refractivity contribution in [2.75, 3.05) is 6.54 Å². The summed E-state index contributed by atoms with van der Waals surface area (Å²) in [5.74, 6) is 1.88. The average Bonchev–Trinajstić information content (AvgIpc) is 3.05. The molecular formula is C19H25IN6O. The molecule has 0 bridgehead atoms. The Morgan fingerprint density at radius 1 is 1.15 bits per heavy atom. The number of nitrogens with zero attached hydrogens (tertiary/aromatic N) is 4. The number of halogens is 1. The van der Waals surface area contributed by atoms with Gasteiger partial charge in [-0.3, -0.25) is 4.40 Å². The predicted octanol–water partition coefficient (Wildman–Crippen LogP) is 2.93. The van der Waals surface area contributed by atoms with Crippen LogP contribution in [-0.2, 0) is 13.1 Å². The minimum Gasteiger partial charge on any atom is -0.507 e. The van der Waals surface area contributed by atoms with Crippen LogP contribution in [0.25, 0.3) is 5.65 Å². The summed E-state index contributed by atoms with van der Waals surface area (Å²) < 4.78 is 1.95. The summed E-state index contributed by atoms with van der Waals surface area (Å²) in [5.41, 5.74) is 3.61. The SMILES string of the molecule is CCNC(=NCc1cc(C)c(O)c(C)c1)NCc1nnc2ccccn12.I. The molecule has 0 fully saturated rings. The molecule has 0 amide bonds. The van der Waals surface area contributed by atoms with Gasteiger partial charge in [-0.05, 0) is 49.6 Å². The number of aromatic hydroxyl groups is 1. The van der Waals surface area contributed by atoms with Crippen molar-refractivity contribution < 1.29 is 5.11 Å². The molecule has 0 aliphatic rings. The van der Waals surface area contributed by atoms with E-state index in [9.17, 15) is 5.11 Å².